The Labute approximate surface area is 56.5 Å². The van der Waals surface area contributed by atoms with Crippen molar-refractivity contribution in [2.45, 2.75) is 21.3 Å². The van der Waals surface area contributed by atoms with Crippen LogP contribution in [0.3, 0.4) is 0 Å². The van der Waals surface area contributed by atoms with Crippen LogP contribution in [0.25, 0.3) is 0 Å². The van der Waals surface area contributed by atoms with Gasteiger partial charge in [-0.05, 0) is 13.8 Å². The van der Waals surface area contributed by atoms with E-state index in [0.29, 0.717) is 12.2 Å². The fraction of sp³-hybridized carbons (Fsp3) is 0.571. The average Bonchev–Trinajstić information content (AvgIpc) is 1.67. The van der Waals surface area contributed by atoms with E-state index in [0.717, 1.165) is 0 Å². The lowest BCUT2D eigenvalue weighted by atomic mass is 10.4. The second kappa shape index (κ2) is 5.35. The zero-order chi connectivity index (χ0) is 6.57. The molecule has 2 heteroatoms. The van der Waals surface area contributed by atoms with Crippen molar-refractivity contribution in [2.24, 2.45) is 0 Å². The minimum Gasteiger partial charge on any atom is -0.463 e. The molecule has 0 atom stereocenters. The van der Waals surface area contributed by atoms with Gasteiger partial charge in [0.25, 0.3) is 0 Å². The van der Waals surface area contributed by atoms with E-state index in [-0.39, 0.29) is 13.4 Å². The lowest BCUT2D eigenvalue weighted by molar-refractivity contribution is -0.138. The van der Waals surface area contributed by atoms with E-state index >= 15 is 0 Å². The molecule has 9 heavy (non-hydrogen) atoms. The molecule has 0 bridgehead atoms. The van der Waals surface area contributed by atoms with Crippen LogP contribution in [0.1, 0.15) is 21.3 Å². The molecule has 0 fully saturated rings. The van der Waals surface area contributed by atoms with Crippen molar-refractivity contribution in [2.75, 3.05) is 6.61 Å². The first-order valence-electron chi connectivity index (χ1n) is 2.51. The van der Waals surface area contributed by atoms with Crippen LogP contribution in [0.2, 0.25) is 0 Å². The van der Waals surface area contributed by atoms with Crippen molar-refractivity contribution >= 4 is 5.97 Å². The summed E-state index contributed by atoms with van der Waals surface area (Å²) in [5.74, 6) is -0.312. The fourth-order valence-electron chi connectivity index (χ4n) is 0.254. The van der Waals surface area contributed by atoms with Crippen molar-refractivity contribution in [1.29, 1.82) is 0 Å². The van der Waals surface area contributed by atoms with Crippen LogP contribution in [-0.2, 0) is 9.53 Å². The van der Waals surface area contributed by atoms with Crippen molar-refractivity contribution in [1.82, 2.24) is 0 Å². The summed E-state index contributed by atoms with van der Waals surface area (Å²) in [5.41, 5.74) is 0.451. The lowest BCUT2D eigenvalue weighted by Gasteiger charge is -1.96. The highest BCUT2D eigenvalue weighted by atomic mass is 388. The Kier molecular flexibility index (Phi) is 6.58. The first-order valence-corrected chi connectivity index (χ1v) is 2.51. The molecule has 0 aromatic rings. The summed E-state index contributed by atoms with van der Waals surface area (Å²) in [7, 11) is 0. The minimum atomic E-state index is -0.312. The first-order chi connectivity index (χ1) is 3.68. The number of hydrogen-bond donors (Lipinski definition) is 0. The summed E-state index contributed by atoms with van der Waals surface area (Å²) in [4.78, 5) is 10.4. The number of hydrogen-bond acceptors (Lipinski definition) is 2. The van der Waals surface area contributed by atoms with Crippen LogP contribution < -0.4 is 0 Å². The smallest absolute Gasteiger partial charge is 0.333 e. The molecule has 0 aliphatic rings. The molecule has 54 valence electrons. The van der Waals surface area contributed by atoms with Gasteiger partial charge in [0.05, 0.1) is 6.61 Å². The number of esters is 1. The maximum Gasteiger partial charge on any atom is 0.333 e. The van der Waals surface area contributed by atoms with E-state index in [1.165, 1.54) is 0 Å². The van der Waals surface area contributed by atoms with E-state index in [1.807, 2.05) is 0 Å². The molecule has 0 aromatic carbocycles. The quantitative estimate of drug-likeness (QED) is 0.422. The summed E-state index contributed by atoms with van der Waals surface area (Å²) < 4.78 is 4.56. The van der Waals surface area contributed by atoms with Gasteiger partial charge in [-0.3, -0.25) is 0 Å². The third kappa shape index (κ3) is 5.07. The number of carbonyl (C=O) groups is 1. The molecule has 0 rings (SSSR count). The van der Waals surface area contributed by atoms with Gasteiger partial charge in [0.15, 0.2) is 0 Å². The zero-order valence-electron chi connectivity index (χ0n) is 5.23. The van der Waals surface area contributed by atoms with E-state index in [4.69, 9.17) is 0 Å². The Morgan fingerprint density at radius 3 is 2.22 bits per heavy atom. The Morgan fingerprint density at radius 1 is 1.67 bits per heavy atom. The van der Waals surface area contributed by atoms with Crippen LogP contribution in [0.15, 0.2) is 12.2 Å². The third-order valence-electron chi connectivity index (χ3n) is 0.624. The normalized spacial score (nSPS) is 7.33. The maximum absolute atomic E-state index is 10.4. The minimum absolute atomic E-state index is 0. The molecule has 0 aliphatic heterocycles. The highest BCUT2D eigenvalue weighted by molar-refractivity contribution is 5.86. The molecular formula is C7H14O2. The molecular weight excluding hydrogens is 492 g/mol. The van der Waals surface area contributed by atoms with Gasteiger partial charge in [-0.15, -0.1) is 0 Å². The van der Waals surface area contributed by atoms with E-state index in [2.05, 4.69) is 11.3 Å². The number of carbonyl (C=O) groups excluding carboxylic acids is 1. The van der Waals surface area contributed by atoms with Crippen LogP contribution >= 0.6 is 0 Å². The van der Waals surface area contributed by atoms with Crippen LogP contribution in [0.4, 0.5) is 0 Å². The predicted octanol–water partition coefficient (Wildman–Crippen LogP) is 1.76. The summed E-state index contributed by atoms with van der Waals surface area (Å²) in [6, 6.07) is 0. The van der Waals surface area contributed by atoms with Gasteiger partial charge < -0.3 is 4.74 Å². The van der Waals surface area contributed by atoms with Crippen molar-refractivity contribution in [3.63, 3.8) is 0 Å². The maximum atomic E-state index is 10.4. The highest BCUT2D eigenvalue weighted by Crippen LogP contribution is 1.89. The molecule has 0 spiro atoms. The Morgan fingerprint density at radius 2 is 2.11 bits per heavy atom. The van der Waals surface area contributed by atoms with Gasteiger partial charge in [0.1, 0.15) is 0 Å². The summed E-state index contributed by atoms with van der Waals surface area (Å²) in [5, 5.41) is 0. The average molecular weight is 506 g/mol. The Hall–Kier alpha value is -0.790. The van der Waals surface area contributed by atoms with Crippen LogP contribution in [0, 0.1) is 0 Å². The van der Waals surface area contributed by atoms with Gasteiger partial charge >= 0.3 is 5.97 Å². The summed E-state index contributed by atoms with van der Waals surface area (Å²) >= 11 is 0. The van der Waals surface area contributed by atoms with E-state index in [1.54, 1.807) is 13.8 Å². The van der Waals surface area contributed by atoms with Gasteiger partial charge in [0, 0.05) is 5.57 Å². The van der Waals surface area contributed by atoms with Crippen molar-refractivity contribution in [3.8, 4) is 0 Å². The van der Waals surface area contributed by atoms with Crippen molar-refractivity contribution in [3.05, 3.63) is 12.2 Å². The lowest BCUT2D eigenvalue weighted by Crippen LogP contribution is -2.03. The Bertz CT molecular complexity index is 105. The predicted molar refractivity (Wildman–Crippen MR) is 38.2 cm³/mol. The molecule has 0 heterocycles. The van der Waals surface area contributed by atoms with Crippen molar-refractivity contribution < 1.29 is 9.53 Å². The first kappa shape index (κ1) is 11.1. The molecule has 0 unspecified atom stereocenters. The largest absolute Gasteiger partial charge is 0.463 e. The summed E-state index contributed by atoms with van der Waals surface area (Å²) in [6.07, 6.45) is 0. The van der Waals surface area contributed by atoms with Crippen LogP contribution in [-0.4, -0.2) is 12.6 Å². The number of rotatable bonds is 2. The second-order valence-electron chi connectivity index (χ2n) is 1.50. The second-order valence-corrected chi connectivity index (χ2v) is 1.50. The molecule has 0 aliphatic carbocycles. The molecule has 0 N–H and O–H groups in total. The number of ether oxygens (including phenoxy) is 1. The van der Waals surface area contributed by atoms with E-state index in [9.17, 15) is 4.79 Å². The topological polar surface area (TPSA) is 26.3 Å². The molecule has 0 saturated heterocycles. The third-order valence-corrected chi connectivity index (χ3v) is 0.624. The van der Waals surface area contributed by atoms with E-state index < -0.39 is 0 Å². The molecule has 0 amide bonds. The molecule has 0 saturated carbocycles. The van der Waals surface area contributed by atoms with Gasteiger partial charge in [0.2, 0.25) is 0 Å². The molecule has 0 aromatic heterocycles. The fourth-order valence-corrected chi connectivity index (χ4v) is 0.254. The SMILES string of the molecule is C=C(C)C(=O)OCC.[388CH4]. The summed E-state index contributed by atoms with van der Waals surface area (Å²) in [6.45, 7) is 7.21. The Balaban J connectivity index is 0. The highest BCUT2D eigenvalue weighted by Gasteiger charge is 1.98. The molecule has 2 nitrogen and oxygen atoms in total. The van der Waals surface area contributed by atoms with Crippen LogP contribution in [0.5, 0.6) is 0 Å². The molecule has 0 radical (unpaired) electrons. The zero-order valence-corrected chi connectivity index (χ0v) is 5.23. The van der Waals surface area contributed by atoms with Gasteiger partial charge in [-0.2, -0.15) is 0 Å². The monoisotopic (exact) mass is 506 g/mol. The van der Waals surface area contributed by atoms with Gasteiger partial charge in [-0.1, -0.05) is 14.0 Å². The standard InChI is InChI=1S/C6H10O2.CH4/c1-4-8-6(7)5(2)3;/h2,4H2,1,3H3;1H4/i;1+124. The van der Waals surface area contributed by atoms with Gasteiger partial charge in [-0.25, -0.2) is 4.79 Å².